The largest absolute Gasteiger partial charge is 0.493 e. The molecule has 29 heavy (non-hydrogen) atoms. The van der Waals surface area contributed by atoms with Crippen molar-refractivity contribution in [2.75, 3.05) is 7.11 Å². The molecule has 2 aromatic carbocycles. The quantitative estimate of drug-likeness (QED) is 0.540. The van der Waals surface area contributed by atoms with Crippen LogP contribution in [-0.4, -0.2) is 12.1 Å². The van der Waals surface area contributed by atoms with Gasteiger partial charge in [-0.2, -0.15) is 0 Å². The second-order valence-corrected chi connectivity index (χ2v) is 7.60. The van der Waals surface area contributed by atoms with E-state index in [0.29, 0.717) is 12.6 Å². The maximum absolute atomic E-state index is 6.03. The predicted octanol–water partition coefficient (Wildman–Crippen LogP) is 5.30. The minimum Gasteiger partial charge on any atom is -0.493 e. The van der Waals surface area contributed by atoms with Gasteiger partial charge in [0.2, 0.25) is 0 Å². The van der Waals surface area contributed by atoms with Crippen LogP contribution in [0.2, 0.25) is 0 Å². The molecule has 4 rings (SSSR count). The highest BCUT2D eigenvalue weighted by molar-refractivity contribution is 5.43. The molecule has 0 radical (unpaired) electrons. The van der Waals surface area contributed by atoms with Crippen molar-refractivity contribution in [1.29, 1.82) is 0 Å². The van der Waals surface area contributed by atoms with E-state index < -0.39 is 0 Å². The highest BCUT2D eigenvalue weighted by atomic mass is 16.5. The monoisotopic (exact) mass is 388 g/mol. The molecule has 1 unspecified atom stereocenters. The molecule has 1 fully saturated rings. The SMILES string of the molecule is COc1ccc(CNC(c2ccccc2)C2CCC2)cc1OCc1cccnc1. The summed E-state index contributed by atoms with van der Waals surface area (Å²) in [6.07, 6.45) is 7.52. The molecule has 0 bridgehead atoms. The summed E-state index contributed by atoms with van der Waals surface area (Å²) in [4.78, 5) is 4.14. The van der Waals surface area contributed by atoms with Gasteiger partial charge in [0.05, 0.1) is 7.11 Å². The number of nitrogens with zero attached hydrogens (tertiary/aromatic N) is 1. The van der Waals surface area contributed by atoms with E-state index in [0.717, 1.165) is 29.5 Å². The topological polar surface area (TPSA) is 43.4 Å². The standard InChI is InChI=1S/C25H28N2O2/c1-28-23-13-12-19(15-24(23)29-18-20-7-6-14-26-16-20)17-27-25(22-10-5-11-22)21-8-3-2-4-9-21/h2-4,6-9,12-16,22,25,27H,5,10-11,17-18H2,1H3. The van der Waals surface area contributed by atoms with Gasteiger partial charge in [0.1, 0.15) is 6.61 Å². The van der Waals surface area contributed by atoms with Crippen LogP contribution in [-0.2, 0) is 13.2 Å². The lowest BCUT2D eigenvalue weighted by Crippen LogP contribution is -2.31. The van der Waals surface area contributed by atoms with Crippen LogP contribution in [0.3, 0.4) is 0 Å². The van der Waals surface area contributed by atoms with Gasteiger partial charge in [-0.25, -0.2) is 0 Å². The summed E-state index contributed by atoms with van der Waals surface area (Å²) in [6.45, 7) is 1.26. The van der Waals surface area contributed by atoms with Gasteiger partial charge in [-0.15, -0.1) is 0 Å². The minimum absolute atomic E-state index is 0.395. The lowest BCUT2D eigenvalue weighted by molar-refractivity contribution is 0.229. The Hall–Kier alpha value is -2.85. The van der Waals surface area contributed by atoms with Crippen LogP contribution >= 0.6 is 0 Å². The molecule has 1 aliphatic rings. The summed E-state index contributed by atoms with van der Waals surface area (Å²) >= 11 is 0. The first-order valence-corrected chi connectivity index (χ1v) is 10.3. The fourth-order valence-corrected chi connectivity index (χ4v) is 3.81. The molecular formula is C25H28N2O2. The number of pyridine rings is 1. The molecule has 1 N–H and O–H groups in total. The van der Waals surface area contributed by atoms with Crippen molar-refractivity contribution in [2.45, 2.75) is 38.5 Å². The molecule has 1 atom stereocenters. The Morgan fingerprint density at radius 2 is 1.86 bits per heavy atom. The molecule has 0 aliphatic heterocycles. The van der Waals surface area contributed by atoms with Crippen molar-refractivity contribution in [3.8, 4) is 11.5 Å². The maximum atomic E-state index is 6.03. The van der Waals surface area contributed by atoms with Crippen molar-refractivity contribution < 1.29 is 9.47 Å². The number of nitrogens with one attached hydrogen (secondary N) is 1. The molecule has 4 nitrogen and oxygen atoms in total. The first kappa shape index (κ1) is 19.5. The Balaban J connectivity index is 1.45. The van der Waals surface area contributed by atoms with Gasteiger partial charge in [0, 0.05) is 30.5 Å². The lowest BCUT2D eigenvalue weighted by Gasteiger charge is -2.35. The van der Waals surface area contributed by atoms with Crippen molar-refractivity contribution in [3.63, 3.8) is 0 Å². The molecule has 1 aromatic heterocycles. The van der Waals surface area contributed by atoms with E-state index in [1.807, 2.05) is 24.4 Å². The molecule has 4 heteroatoms. The van der Waals surface area contributed by atoms with Gasteiger partial charge in [0.15, 0.2) is 11.5 Å². The summed E-state index contributed by atoms with van der Waals surface area (Å²) < 4.78 is 11.5. The smallest absolute Gasteiger partial charge is 0.161 e. The van der Waals surface area contributed by atoms with E-state index in [1.54, 1.807) is 13.3 Å². The molecular weight excluding hydrogens is 360 g/mol. The highest BCUT2D eigenvalue weighted by Gasteiger charge is 2.28. The van der Waals surface area contributed by atoms with Gasteiger partial charge in [-0.3, -0.25) is 4.98 Å². The average Bonchev–Trinajstić information content (AvgIpc) is 2.75. The second kappa shape index (κ2) is 9.57. The number of hydrogen-bond donors (Lipinski definition) is 1. The van der Waals surface area contributed by atoms with E-state index in [2.05, 4.69) is 52.8 Å². The van der Waals surface area contributed by atoms with Crippen molar-refractivity contribution in [2.24, 2.45) is 5.92 Å². The third-order valence-electron chi connectivity index (χ3n) is 5.65. The summed E-state index contributed by atoms with van der Waals surface area (Å²) in [5, 5.41) is 3.79. The predicted molar refractivity (Wildman–Crippen MR) is 115 cm³/mol. The Labute approximate surface area is 172 Å². The number of hydrogen-bond acceptors (Lipinski definition) is 4. The summed E-state index contributed by atoms with van der Waals surface area (Å²) in [5.41, 5.74) is 3.60. The van der Waals surface area contributed by atoms with Crippen molar-refractivity contribution >= 4 is 0 Å². The number of methoxy groups -OCH3 is 1. The van der Waals surface area contributed by atoms with Gasteiger partial charge < -0.3 is 14.8 Å². The molecule has 1 heterocycles. The van der Waals surface area contributed by atoms with Crippen LogP contribution in [0.1, 0.15) is 42.0 Å². The zero-order chi connectivity index (χ0) is 19.9. The molecule has 0 saturated heterocycles. The molecule has 1 saturated carbocycles. The first-order chi connectivity index (χ1) is 14.3. The van der Waals surface area contributed by atoms with Crippen molar-refractivity contribution in [1.82, 2.24) is 10.3 Å². The normalized spacial score (nSPS) is 14.8. The van der Waals surface area contributed by atoms with Gasteiger partial charge in [-0.1, -0.05) is 48.9 Å². The van der Waals surface area contributed by atoms with Gasteiger partial charge >= 0.3 is 0 Å². The zero-order valence-electron chi connectivity index (χ0n) is 16.9. The first-order valence-electron chi connectivity index (χ1n) is 10.3. The minimum atomic E-state index is 0.395. The zero-order valence-corrected chi connectivity index (χ0v) is 16.9. The molecule has 3 aromatic rings. The van der Waals surface area contributed by atoms with Crippen LogP contribution in [0.4, 0.5) is 0 Å². The van der Waals surface area contributed by atoms with Gasteiger partial charge in [0.25, 0.3) is 0 Å². The van der Waals surface area contributed by atoms with Crippen molar-refractivity contribution in [3.05, 3.63) is 89.7 Å². The average molecular weight is 389 g/mol. The number of benzene rings is 2. The van der Waals surface area contributed by atoms with Crippen LogP contribution < -0.4 is 14.8 Å². The van der Waals surface area contributed by atoms with E-state index in [1.165, 1.54) is 30.4 Å². The summed E-state index contributed by atoms with van der Waals surface area (Å²) in [5.74, 6) is 2.23. The number of aromatic nitrogens is 1. The van der Waals surface area contributed by atoms with Crippen LogP contribution in [0, 0.1) is 5.92 Å². The maximum Gasteiger partial charge on any atom is 0.161 e. The van der Waals surface area contributed by atoms with E-state index in [9.17, 15) is 0 Å². The Kier molecular flexibility index (Phi) is 6.42. The third-order valence-corrected chi connectivity index (χ3v) is 5.65. The van der Waals surface area contributed by atoms with E-state index >= 15 is 0 Å². The summed E-state index contributed by atoms with van der Waals surface area (Å²) in [7, 11) is 1.67. The van der Waals surface area contributed by atoms with Crippen LogP contribution in [0.5, 0.6) is 11.5 Å². The fraction of sp³-hybridized carbons (Fsp3) is 0.320. The highest BCUT2D eigenvalue weighted by Crippen LogP contribution is 2.38. The van der Waals surface area contributed by atoms with E-state index in [-0.39, 0.29) is 0 Å². The Morgan fingerprint density at radius 3 is 2.55 bits per heavy atom. The molecule has 0 spiro atoms. The Bertz CT molecular complexity index is 895. The second-order valence-electron chi connectivity index (χ2n) is 7.60. The Morgan fingerprint density at radius 1 is 1.00 bits per heavy atom. The van der Waals surface area contributed by atoms with Gasteiger partial charge in [-0.05, 0) is 48.1 Å². The summed E-state index contributed by atoms with van der Waals surface area (Å²) in [6, 6.07) is 21.3. The molecule has 150 valence electrons. The third kappa shape index (κ3) is 4.96. The van der Waals surface area contributed by atoms with Crippen LogP contribution in [0.15, 0.2) is 73.1 Å². The van der Waals surface area contributed by atoms with E-state index in [4.69, 9.17) is 9.47 Å². The number of rotatable bonds is 9. The number of ether oxygens (including phenoxy) is 2. The fourth-order valence-electron chi connectivity index (χ4n) is 3.81. The molecule has 0 amide bonds. The molecule has 1 aliphatic carbocycles. The van der Waals surface area contributed by atoms with Crippen LogP contribution in [0.25, 0.3) is 0 Å². The lowest BCUT2D eigenvalue weighted by atomic mass is 9.77.